The monoisotopic (exact) mass is 342 g/mol. The minimum atomic E-state index is -0.228. The fraction of sp³-hybridized carbons (Fsp3) is 0.526. The molecule has 1 heterocycles. The first kappa shape index (κ1) is 18.8. The Morgan fingerprint density at radius 3 is 2.88 bits per heavy atom. The van der Waals surface area contributed by atoms with Crippen LogP contribution >= 0.6 is 0 Å². The van der Waals surface area contributed by atoms with Crippen molar-refractivity contribution >= 4 is 17.6 Å². The molecule has 0 saturated carbocycles. The average molecular weight is 342 g/mol. The predicted octanol–water partition coefficient (Wildman–Crippen LogP) is 3.11. The molecular weight excluding hydrogens is 316 g/mol. The first-order valence-corrected chi connectivity index (χ1v) is 8.90. The van der Waals surface area contributed by atoms with Gasteiger partial charge in [-0.1, -0.05) is 19.4 Å². The Bertz CT molecular complexity index is 653. The van der Waals surface area contributed by atoms with Gasteiger partial charge in [-0.25, -0.2) is 4.79 Å². The van der Waals surface area contributed by atoms with Gasteiger partial charge in [0.25, 0.3) is 0 Å². The van der Waals surface area contributed by atoms with Gasteiger partial charge < -0.3 is 15.5 Å². The Morgan fingerprint density at radius 1 is 1.36 bits per heavy atom. The molecule has 0 aromatic heterocycles. The van der Waals surface area contributed by atoms with E-state index in [-0.39, 0.29) is 23.9 Å². The van der Waals surface area contributed by atoms with E-state index in [0.29, 0.717) is 24.3 Å². The van der Waals surface area contributed by atoms with Gasteiger partial charge in [0.1, 0.15) is 0 Å². The highest BCUT2D eigenvalue weighted by Crippen LogP contribution is 2.23. The van der Waals surface area contributed by atoms with Crippen LogP contribution in [0.4, 0.5) is 10.5 Å². The quantitative estimate of drug-likeness (QED) is 0.806. The minimum Gasteiger partial charge on any atom is -0.356 e. The molecule has 1 saturated heterocycles. The molecule has 2 atom stereocenters. The van der Waals surface area contributed by atoms with Crippen molar-refractivity contribution in [1.29, 1.82) is 5.26 Å². The molecular formula is C19H26N4O2. The number of anilines is 1. The van der Waals surface area contributed by atoms with Gasteiger partial charge in [0, 0.05) is 24.8 Å². The number of likely N-dealkylation sites (tertiary alicyclic amines) is 1. The molecule has 1 aliphatic heterocycles. The van der Waals surface area contributed by atoms with E-state index in [9.17, 15) is 9.59 Å². The lowest BCUT2D eigenvalue weighted by molar-refractivity contribution is -0.126. The van der Waals surface area contributed by atoms with Gasteiger partial charge in [-0.05, 0) is 44.4 Å². The molecule has 6 heteroatoms. The van der Waals surface area contributed by atoms with Gasteiger partial charge in [0.05, 0.1) is 17.6 Å². The molecule has 0 spiro atoms. The Balaban J connectivity index is 1.97. The van der Waals surface area contributed by atoms with Crippen molar-refractivity contribution in [2.24, 2.45) is 5.92 Å². The van der Waals surface area contributed by atoms with E-state index in [1.807, 2.05) is 6.92 Å². The number of hydrogen-bond donors (Lipinski definition) is 2. The highest BCUT2D eigenvalue weighted by molar-refractivity contribution is 5.90. The van der Waals surface area contributed by atoms with E-state index in [0.717, 1.165) is 25.7 Å². The van der Waals surface area contributed by atoms with Crippen LogP contribution in [0.1, 0.15) is 45.1 Å². The summed E-state index contributed by atoms with van der Waals surface area (Å²) in [5.74, 6) is -0.131. The molecule has 3 amide bonds. The van der Waals surface area contributed by atoms with Crippen molar-refractivity contribution in [3.63, 3.8) is 0 Å². The second-order valence-corrected chi connectivity index (χ2v) is 6.54. The van der Waals surface area contributed by atoms with Crippen LogP contribution in [0.15, 0.2) is 24.3 Å². The Kier molecular flexibility index (Phi) is 6.81. The second-order valence-electron chi connectivity index (χ2n) is 6.54. The smallest absolute Gasteiger partial charge is 0.322 e. The van der Waals surface area contributed by atoms with Crippen LogP contribution < -0.4 is 10.6 Å². The fourth-order valence-electron chi connectivity index (χ4n) is 3.00. The molecule has 0 radical (unpaired) electrons. The largest absolute Gasteiger partial charge is 0.356 e. The molecule has 0 bridgehead atoms. The third-order valence-electron chi connectivity index (χ3n) is 4.59. The van der Waals surface area contributed by atoms with Crippen molar-refractivity contribution in [3.8, 4) is 6.07 Å². The van der Waals surface area contributed by atoms with Gasteiger partial charge in [-0.15, -0.1) is 0 Å². The second kappa shape index (κ2) is 9.07. The molecule has 6 nitrogen and oxygen atoms in total. The molecule has 1 fully saturated rings. The predicted molar refractivity (Wildman–Crippen MR) is 97.0 cm³/mol. The van der Waals surface area contributed by atoms with Crippen molar-refractivity contribution in [2.45, 2.75) is 45.6 Å². The molecule has 0 aliphatic carbocycles. The van der Waals surface area contributed by atoms with Gasteiger partial charge in [-0.3, -0.25) is 4.79 Å². The number of nitrogens with zero attached hydrogens (tertiary/aromatic N) is 2. The molecule has 25 heavy (non-hydrogen) atoms. The van der Waals surface area contributed by atoms with Crippen LogP contribution in [0.2, 0.25) is 0 Å². The van der Waals surface area contributed by atoms with Crippen LogP contribution in [0.25, 0.3) is 0 Å². The SMILES string of the molecule is CCCCNC(=O)[C@H]1CC[C@@H](C)N(C(=O)Nc2cccc(C#N)c2)C1. The summed E-state index contributed by atoms with van der Waals surface area (Å²) >= 11 is 0. The summed E-state index contributed by atoms with van der Waals surface area (Å²) in [7, 11) is 0. The standard InChI is InChI=1S/C19H26N4O2/c1-3-4-10-21-18(24)16-9-8-14(2)23(13-16)19(25)22-17-7-5-6-15(11-17)12-20/h5-7,11,14,16H,3-4,8-10,13H2,1-2H3,(H,21,24)(H,22,25)/t14-,16+/m1/s1. The van der Waals surface area contributed by atoms with Gasteiger partial charge in [-0.2, -0.15) is 5.26 Å². The van der Waals surface area contributed by atoms with E-state index in [1.165, 1.54) is 0 Å². The van der Waals surface area contributed by atoms with Crippen LogP contribution in [0.5, 0.6) is 0 Å². The molecule has 2 N–H and O–H groups in total. The molecule has 0 unspecified atom stereocenters. The van der Waals surface area contributed by atoms with Crippen LogP contribution in [0, 0.1) is 17.2 Å². The van der Waals surface area contributed by atoms with Gasteiger partial charge in [0.15, 0.2) is 0 Å². The minimum absolute atomic E-state index is 0.0321. The summed E-state index contributed by atoms with van der Waals surface area (Å²) in [6, 6.07) is 8.73. The molecule has 1 aromatic carbocycles. The highest BCUT2D eigenvalue weighted by Gasteiger charge is 2.32. The fourth-order valence-corrected chi connectivity index (χ4v) is 3.00. The summed E-state index contributed by atoms with van der Waals surface area (Å²) in [4.78, 5) is 26.6. The Labute approximate surface area is 149 Å². The zero-order chi connectivity index (χ0) is 18.2. The zero-order valence-corrected chi connectivity index (χ0v) is 14.9. The first-order chi connectivity index (χ1) is 12.0. The normalized spacial score (nSPS) is 19.8. The van der Waals surface area contributed by atoms with Gasteiger partial charge >= 0.3 is 6.03 Å². The van der Waals surface area contributed by atoms with Crippen molar-refractivity contribution < 1.29 is 9.59 Å². The number of carbonyl (C=O) groups is 2. The van der Waals surface area contributed by atoms with Crippen LogP contribution in [0.3, 0.4) is 0 Å². The average Bonchev–Trinajstić information content (AvgIpc) is 2.62. The summed E-state index contributed by atoms with van der Waals surface area (Å²) in [6.45, 7) is 5.19. The van der Waals surface area contributed by atoms with Crippen molar-refractivity contribution in [3.05, 3.63) is 29.8 Å². The van der Waals surface area contributed by atoms with E-state index >= 15 is 0 Å². The van der Waals surface area contributed by atoms with Gasteiger partial charge in [0.2, 0.25) is 5.91 Å². The van der Waals surface area contributed by atoms with E-state index in [4.69, 9.17) is 5.26 Å². The Hall–Kier alpha value is -2.55. The maximum absolute atomic E-state index is 12.6. The van der Waals surface area contributed by atoms with Crippen molar-refractivity contribution in [1.82, 2.24) is 10.2 Å². The number of carbonyl (C=O) groups excluding carboxylic acids is 2. The number of benzene rings is 1. The Morgan fingerprint density at radius 2 is 2.16 bits per heavy atom. The lowest BCUT2D eigenvalue weighted by Crippen LogP contribution is -2.50. The van der Waals surface area contributed by atoms with E-state index in [1.54, 1.807) is 29.2 Å². The number of rotatable bonds is 5. The molecule has 1 aliphatic rings. The first-order valence-electron chi connectivity index (χ1n) is 8.90. The maximum atomic E-state index is 12.6. The third-order valence-corrected chi connectivity index (χ3v) is 4.59. The highest BCUT2D eigenvalue weighted by atomic mass is 16.2. The number of nitriles is 1. The number of urea groups is 1. The van der Waals surface area contributed by atoms with E-state index < -0.39 is 0 Å². The summed E-state index contributed by atoms with van der Waals surface area (Å²) in [6.07, 6.45) is 3.61. The van der Waals surface area contributed by atoms with E-state index in [2.05, 4.69) is 23.6 Å². The third kappa shape index (κ3) is 5.21. The molecule has 1 aromatic rings. The molecule has 134 valence electrons. The maximum Gasteiger partial charge on any atom is 0.322 e. The summed E-state index contributed by atoms with van der Waals surface area (Å²) in [5, 5.41) is 14.7. The number of hydrogen-bond acceptors (Lipinski definition) is 3. The van der Waals surface area contributed by atoms with Crippen LogP contribution in [-0.2, 0) is 4.79 Å². The topological polar surface area (TPSA) is 85.2 Å². The lowest BCUT2D eigenvalue weighted by Gasteiger charge is -2.37. The number of piperidine rings is 1. The number of nitrogens with one attached hydrogen (secondary N) is 2. The summed E-state index contributed by atoms with van der Waals surface area (Å²) < 4.78 is 0. The number of unbranched alkanes of at least 4 members (excludes halogenated alkanes) is 1. The van der Waals surface area contributed by atoms with Crippen molar-refractivity contribution in [2.75, 3.05) is 18.4 Å². The molecule has 2 rings (SSSR count). The summed E-state index contributed by atoms with van der Waals surface area (Å²) in [5.41, 5.74) is 1.09. The lowest BCUT2D eigenvalue weighted by atomic mass is 9.93. The zero-order valence-electron chi connectivity index (χ0n) is 14.9. The number of amides is 3. The van der Waals surface area contributed by atoms with Crippen LogP contribution in [-0.4, -0.2) is 36.0 Å².